The zero-order chi connectivity index (χ0) is 18.9. The van der Waals surface area contributed by atoms with Crippen molar-refractivity contribution in [2.45, 2.75) is 59.8 Å². The Labute approximate surface area is 179 Å². The molecule has 7 heteroatoms. The van der Waals surface area contributed by atoms with Crippen LogP contribution in [-0.4, -0.2) is 41.6 Å². The number of hydrogen-bond acceptors (Lipinski definition) is 3. The van der Waals surface area contributed by atoms with Gasteiger partial charge in [0.05, 0.1) is 17.5 Å². The Morgan fingerprint density at radius 1 is 1.11 bits per heavy atom. The number of ether oxygens (including phenoxy) is 1. The van der Waals surface area contributed by atoms with Crippen molar-refractivity contribution in [2.24, 2.45) is 5.92 Å². The van der Waals surface area contributed by atoms with Gasteiger partial charge in [0.1, 0.15) is 5.75 Å². The smallest absolute Gasteiger partial charge is 0.306 e. The maximum Gasteiger partial charge on any atom is 0.306 e. The van der Waals surface area contributed by atoms with E-state index in [2.05, 4.69) is 0 Å². The number of benzene rings is 1. The Hall–Kier alpha value is -1.46. The number of carboxylic acids is 1. The molecule has 0 bridgehead atoms. The molecule has 0 aromatic heterocycles. The molecule has 2 rings (SSSR count). The molecular weight excluding hydrogens is 401 g/mol. The number of aliphatic carboxylic acids is 1. The molecule has 1 aromatic carbocycles. The highest BCUT2D eigenvalue weighted by Gasteiger charge is 2.22. The molecule has 1 aromatic rings. The normalized spacial score (nSPS) is 17.2. The lowest BCUT2D eigenvalue weighted by atomic mass is 9.98. The van der Waals surface area contributed by atoms with E-state index in [1.54, 1.807) is 23.1 Å². The second-order valence-electron chi connectivity index (χ2n) is 6.58. The van der Waals surface area contributed by atoms with Gasteiger partial charge in [-0.25, -0.2) is 0 Å². The van der Waals surface area contributed by atoms with Crippen molar-refractivity contribution < 1.29 is 19.4 Å². The van der Waals surface area contributed by atoms with Crippen LogP contribution in [-0.2, 0) is 9.59 Å². The molecule has 5 nitrogen and oxygen atoms in total. The number of carbonyl (C=O) groups is 2. The highest BCUT2D eigenvalue weighted by atomic mass is 35.5. The lowest BCUT2D eigenvalue weighted by molar-refractivity contribution is -0.143. The summed E-state index contributed by atoms with van der Waals surface area (Å²) >= 11 is 11.9. The lowest BCUT2D eigenvalue weighted by Crippen LogP contribution is -2.34. The first-order chi connectivity index (χ1) is 12.5. The van der Waals surface area contributed by atoms with Crippen molar-refractivity contribution in [1.29, 1.82) is 0 Å². The van der Waals surface area contributed by atoms with Gasteiger partial charge in [0, 0.05) is 24.5 Å². The summed E-state index contributed by atoms with van der Waals surface area (Å²) in [6.45, 7) is 1.60. The minimum Gasteiger partial charge on any atom is -0.492 e. The van der Waals surface area contributed by atoms with Gasteiger partial charge in [-0.1, -0.05) is 50.9 Å². The molecule has 160 valence electrons. The fourth-order valence-corrected chi connectivity index (χ4v) is 3.55. The second-order valence-corrected chi connectivity index (χ2v) is 7.42. The van der Waals surface area contributed by atoms with Crippen LogP contribution in [0.25, 0.3) is 0 Å². The van der Waals surface area contributed by atoms with Gasteiger partial charge in [-0.05, 0) is 43.9 Å². The van der Waals surface area contributed by atoms with Gasteiger partial charge < -0.3 is 14.7 Å². The summed E-state index contributed by atoms with van der Waals surface area (Å²) in [7, 11) is 0. The number of hydrogen-bond donors (Lipinski definition) is 1. The van der Waals surface area contributed by atoms with Crippen LogP contribution in [0.4, 0.5) is 0 Å². The van der Waals surface area contributed by atoms with Crippen molar-refractivity contribution in [1.82, 2.24) is 4.90 Å². The summed E-state index contributed by atoms with van der Waals surface area (Å²) in [5.74, 6) is -0.497. The van der Waals surface area contributed by atoms with Crippen molar-refractivity contribution in [3.8, 4) is 5.75 Å². The molecule has 1 saturated heterocycles. The average molecular weight is 434 g/mol. The van der Waals surface area contributed by atoms with E-state index in [1.165, 1.54) is 0 Å². The number of halogens is 2. The Bertz CT molecular complexity index is 624. The maximum atomic E-state index is 12.5. The minimum atomic E-state index is -0.757. The summed E-state index contributed by atoms with van der Waals surface area (Å²) in [5, 5.41) is 10.2. The maximum absolute atomic E-state index is 12.5. The van der Waals surface area contributed by atoms with Gasteiger partial charge in [0.15, 0.2) is 0 Å². The van der Waals surface area contributed by atoms with E-state index in [0.717, 1.165) is 19.3 Å². The number of rotatable bonds is 6. The lowest BCUT2D eigenvalue weighted by Gasteiger charge is -2.23. The fourth-order valence-electron chi connectivity index (χ4n) is 3.09. The van der Waals surface area contributed by atoms with E-state index in [9.17, 15) is 14.7 Å². The van der Waals surface area contributed by atoms with Gasteiger partial charge in [0.2, 0.25) is 5.91 Å². The van der Waals surface area contributed by atoms with Gasteiger partial charge >= 0.3 is 5.97 Å². The summed E-state index contributed by atoms with van der Waals surface area (Å²) in [6, 6.07) is 5.03. The largest absolute Gasteiger partial charge is 0.492 e. The van der Waals surface area contributed by atoms with Crippen LogP contribution in [0.5, 0.6) is 5.75 Å². The molecule has 1 heterocycles. The molecule has 1 amide bonds. The Morgan fingerprint density at radius 3 is 2.54 bits per heavy atom. The summed E-state index contributed by atoms with van der Waals surface area (Å²) in [5.41, 5.74) is 0. The van der Waals surface area contributed by atoms with Crippen molar-refractivity contribution in [2.75, 3.05) is 19.7 Å². The van der Waals surface area contributed by atoms with Crippen molar-refractivity contribution in [3.05, 3.63) is 28.2 Å². The van der Waals surface area contributed by atoms with E-state index in [-0.39, 0.29) is 26.7 Å². The summed E-state index contributed by atoms with van der Waals surface area (Å²) in [6.07, 6.45) is 4.99. The fraction of sp³-hybridized carbons (Fsp3) is 0.619. The molecule has 28 heavy (non-hydrogen) atoms. The zero-order valence-electron chi connectivity index (χ0n) is 14.8. The van der Waals surface area contributed by atoms with Crippen molar-refractivity contribution in [3.63, 3.8) is 0 Å². The molecule has 0 radical (unpaired) electrons. The van der Waals surface area contributed by atoms with E-state index >= 15 is 0 Å². The van der Waals surface area contributed by atoms with E-state index in [0.29, 0.717) is 61.2 Å². The SMILES string of the molecule is C.C.O=C(O)C1CCCCCN(C(=O)CCCOc2ccc(Cl)cc2Cl)CC1. The van der Waals surface area contributed by atoms with Crippen LogP contribution in [0.1, 0.15) is 59.8 Å². The highest BCUT2D eigenvalue weighted by molar-refractivity contribution is 6.35. The molecule has 1 aliphatic heterocycles. The molecule has 0 aliphatic carbocycles. The van der Waals surface area contributed by atoms with Crippen LogP contribution in [0, 0.1) is 5.92 Å². The molecule has 1 unspecified atom stereocenters. The summed E-state index contributed by atoms with van der Waals surface area (Å²) < 4.78 is 5.60. The van der Waals surface area contributed by atoms with Gasteiger partial charge in [-0.2, -0.15) is 0 Å². The molecule has 0 spiro atoms. The summed E-state index contributed by atoms with van der Waals surface area (Å²) in [4.78, 5) is 25.5. The van der Waals surface area contributed by atoms with E-state index in [1.807, 2.05) is 0 Å². The highest BCUT2D eigenvalue weighted by Crippen LogP contribution is 2.27. The molecular formula is C21H33Cl2NO4. The van der Waals surface area contributed by atoms with Crippen LogP contribution < -0.4 is 4.74 Å². The molecule has 1 aliphatic rings. The zero-order valence-corrected chi connectivity index (χ0v) is 16.3. The standard InChI is InChI=1S/C19H25Cl2NO4.2CH4/c20-15-7-8-17(16(21)13-15)26-12-4-6-18(23)22-10-3-1-2-5-14(9-11-22)19(24)25;;/h7-8,13-14H,1-6,9-12H2,(H,24,25);2*1H4. The van der Waals surface area contributed by atoms with E-state index < -0.39 is 5.97 Å². The first kappa shape index (κ1) is 26.5. The average Bonchev–Trinajstić information content (AvgIpc) is 2.72. The minimum absolute atomic E-state index is 0. The van der Waals surface area contributed by atoms with Crippen LogP contribution in [0.2, 0.25) is 10.0 Å². The number of carboxylic acid groups (broad SMARTS) is 1. The second kappa shape index (κ2) is 13.7. The number of amides is 1. The Morgan fingerprint density at radius 2 is 1.86 bits per heavy atom. The first-order valence-electron chi connectivity index (χ1n) is 9.06. The van der Waals surface area contributed by atoms with Gasteiger partial charge in [-0.15, -0.1) is 0 Å². The monoisotopic (exact) mass is 433 g/mol. The predicted octanol–water partition coefficient (Wildman–Crippen LogP) is 5.92. The Balaban J connectivity index is 0.00000364. The van der Waals surface area contributed by atoms with Crippen LogP contribution >= 0.6 is 23.2 Å². The van der Waals surface area contributed by atoms with Crippen LogP contribution in [0.15, 0.2) is 18.2 Å². The molecule has 0 saturated carbocycles. The third kappa shape index (κ3) is 8.70. The third-order valence-electron chi connectivity index (χ3n) is 4.62. The quantitative estimate of drug-likeness (QED) is 0.565. The van der Waals surface area contributed by atoms with Crippen molar-refractivity contribution >= 4 is 35.1 Å². The van der Waals surface area contributed by atoms with E-state index in [4.69, 9.17) is 27.9 Å². The molecule has 1 fully saturated rings. The predicted molar refractivity (Wildman–Crippen MR) is 115 cm³/mol. The topological polar surface area (TPSA) is 66.8 Å². The van der Waals surface area contributed by atoms with Crippen LogP contribution in [0.3, 0.4) is 0 Å². The Kier molecular flexibility index (Phi) is 13.0. The third-order valence-corrected chi connectivity index (χ3v) is 5.15. The number of nitrogens with zero attached hydrogens (tertiary/aromatic N) is 1. The van der Waals surface area contributed by atoms with Gasteiger partial charge in [-0.3, -0.25) is 9.59 Å². The van der Waals surface area contributed by atoms with Gasteiger partial charge in [0.25, 0.3) is 0 Å². The molecule has 1 N–H and O–H groups in total. The molecule has 1 atom stereocenters. The first-order valence-corrected chi connectivity index (χ1v) is 9.81. The number of carbonyl (C=O) groups excluding carboxylic acids is 1.